The summed E-state index contributed by atoms with van der Waals surface area (Å²) >= 11 is 0. The highest BCUT2D eigenvalue weighted by Crippen LogP contribution is 2.41. The standard InChI is InChI=1S/C22H18F5NO5/c1-9(2)15(21(31)32)16-10(3)28(14-8-13(23)19(29)18(24)17(14)16)20(30)11-4-6-12(7-5-11)33-22(25,26)27/h4-9,15,29H,1-3H3,(H,31,32). The maximum absolute atomic E-state index is 14.9. The average molecular weight is 471 g/mol. The number of benzene rings is 2. The number of carbonyl (C=O) groups is 2. The summed E-state index contributed by atoms with van der Waals surface area (Å²) in [6, 6.07) is 4.54. The van der Waals surface area contributed by atoms with Crippen molar-refractivity contribution in [3.63, 3.8) is 0 Å². The van der Waals surface area contributed by atoms with Crippen molar-refractivity contribution >= 4 is 22.8 Å². The van der Waals surface area contributed by atoms with Gasteiger partial charge in [0.1, 0.15) is 5.75 Å². The van der Waals surface area contributed by atoms with Crippen LogP contribution in [0.5, 0.6) is 11.5 Å². The predicted molar refractivity (Wildman–Crippen MR) is 106 cm³/mol. The van der Waals surface area contributed by atoms with E-state index in [9.17, 15) is 41.8 Å². The number of aromatic nitrogens is 1. The summed E-state index contributed by atoms with van der Waals surface area (Å²) < 4.78 is 70.9. The molecule has 176 valence electrons. The van der Waals surface area contributed by atoms with Crippen LogP contribution in [0.2, 0.25) is 0 Å². The van der Waals surface area contributed by atoms with E-state index < -0.39 is 58.6 Å². The molecule has 11 heteroatoms. The molecule has 1 aromatic heterocycles. The first-order valence-electron chi connectivity index (χ1n) is 9.59. The van der Waals surface area contributed by atoms with Gasteiger partial charge < -0.3 is 14.9 Å². The number of aliphatic carboxylic acids is 1. The van der Waals surface area contributed by atoms with Crippen LogP contribution < -0.4 is 4.74 Å². The first-order chi connectivity index (χ1) is 15.2. The molecule has 0 aliphatic rings. The summed E-state index contributed by atoms with van der Waals surface area (Å²) in [5.41, 5.74) is -0.620. The topological polar surface area (TPSA) is 88.8 Å². The van der Waals surface area contributed by atoms with E-state index in [4.69, 9.17) is 0 Å². The molecule has 1 heterocycles. The fourth-order valence-corrected chi connectivity index (χ4v) is 3.82. The third kappa shape index (κ3) is 4.35. The predicted octanol–water partition coefficient (Wildman–Crippen LogP) is 5.34. The van der Waals surface area contributed by atoms with E-state index in [0.29, 0.717) is 6.07 Å². The second kappa shape index (κ2) is 8.38. The molecule has 2 N–H and O–H groups in total. The highest BCUT2D eigenvalue weighted by Gasteiger charge is 2.35. The second-order valence-corrected chi connectivity index (χ2v) is 7.69. The number of carboxylic acid groups (broad SMARTS) is 1. The molecule has 0 amide bonds. The van der Waals surface area contributed by atoms with E-state index in [2.05, 4.69) is 4.74 Å². The first kappa shape index (κ1) is 24.0. The highest BCUT2D eigenvalue weighted by molar-refractivity contribution is 6.05. The first-order valence-corrected chi connectivity index (χ1v) is 9.59. The fraction of sp³-hybridized carbons (Fsp3) is 0.273. The molecule has 1 unspecified atom stereocenters. The quantitative estimate of drug-likeness (QED) is 0.490. The van der Waals surface area contributed by atoms with E-state index in [1.54, 1.807) is 13.8 Å². The summed E-state index contributed by atoms with van der Waals surface area (Å²) in [4.78, 5) is 25.1. The molecule has 3 rings (SSSR count). The zero-order valence-corrected chi connectivity index (χ0v) is 17.5. The Morgan fingerprint density at radius 3 is 2.15 bits per heavy atom. The molecule has 2 aromatic carbocycles. The Morgan fingerprint density at radius 2 is 1.67 bits per heavy atom. The lowest BCUT2D eigenvalue weighted by atomic mass is 9.86. The molecule has 0 saturated heterocycles. The minimum absolute atomic E-state index is 0.0179. The summed E-state index contributed by atoms with van der Waals surface area (Å²) in [6.45, 7) is 4.45. The Bertz CT molecular complexity index is 1250. The van der Waals surface area contributed by atoms with Gasteiger partial charge in [-0.3, -0.25) is 14.2 Å². The number of alkyl halides is 3. The summed E-state index contributed by atoms with van der Waals surface area (Å²) in [5.74, 6) is -8.77. The number of phenolic OH excluding ortho intramolecular Hbond substituents is 1. The number of aromatic hydroxyl groups is 1. The van der Waals surface area contributed by atoms with Crippen molar-refractivity contribution in [2.45, 2.75) is 33.1 Å². The second-order valence-electron chi connectivity index (χ2n) is 7.69. The van der Waals surface area contributed by atoms with Gasteiger partial charge in [-0.2, -0.15) is 0 Å². The van der Waals surface area contributed by atoms with Crippen LogP contribution in [0.1, 0.15) is 41.4 Å². The molecular weight excluding hydrogens is 453 g/mol. The number of nitrogens with zero attached hydrogens (tertiary/aromatic N) is 1. The van der Waals surface area contributed by atoms with Crippen molar-refractivity contribution in [3.8, 4) is 11.5 Å². The van der Waals surface area contributed by atoms with Crippen LogP contribution in [0, 0.1) is 24.5 Å². The Kier molecular flexibility index (Phi) is 6.10. The van der Waals surface area contributed by atoms with Crippen molar-refractivity contribution < 1.29 is 46.5 Å². The van der Waals surface area contributed by atoms with Gasteiger partial charge in [0.05, 0.1) is 11.4 Å². The van der Waals surface area contributed by atoms with Crippen LogP contribution in [-0.2, 0) is 4.79 Å². The maximum Gasteiger partial charge on any atom is 0.573 e. The number of halogens is 5. The lowest BCUT2D eigenvalue weighted by molar-refractivity contribution is -0.274. The maximum atomic E-state index is 14.9. The summed E-state index contributed by atoms with van der Waals surface area (Å²) in [6.07, 6.45) is -4.94. The number of phenols is 1. The molecule has 0 saturated carbocycles. The van der Waals surface area contributed by atoms with Gasteiger partial charge in [-0.15, -0.1) is 13.2 Å². The van der Waals surface area contributed by atoms with Crippen LogP contribution in [0.15, 0.2) is 30.3 Å². The van der Waals surface area contributed by atoms with Crippen LogP contribution in [0.25, 0.3) is 10.9 Å². The van der Waals surface area contributed by atoms with Crippen LogP contribution in [-0.4, -0.2) is 33.0 Å². The third-order valence-corrected chi connectivity index (χ3v) is 5.19. The number of ether oxygens (including phenoxy) is 1. The Hall–Kier alpha value is -3.63. The molecule has 0 bridgehead atoms. The van der Waals surface area contributed by atoms with Gasteiger partial charge >= 0.3 is 12.3 Å². The van der Waals surface area contributed by atoms with E-state index in [1.165, 1.54) is 6.92 Å². The highest BCUT2D eigenvalue weighted by atomic mass is 19.4. The average Bonchev–Trinajstić information content (AvgIpc) is 2.96. The van der Waals surface area contributed by atoms with Gasteiger partial charge in [0.15, 0.2) is 17.4 Å². The van der Waals surface area contributed by atoms with Crippen LogP contribution in [0.4, 0.5) is 22.0 Å². The van der Waals surface area contributed by atoms with Gasteiger partial charge in [0.2, 0.25) is 0 Å². The van der Waals surface area contributed by atoms with Crippen molar-refractivity contribution in [2.75, 3.05) is 0 Å². The van der Waals surface area contributed by atoms with Crippen molar-refractivity contribution in [1.82, 2.24) is 4.57 Å². The number of hydrogen-bond acceptors (Lipinski definition) is 4. The van der Waals surface area contributed by atoms with Crippen molar-refractivity contribution in [2.24, 2.45) is 5.92 Å². The number of rotatable bonds is 5. The summed E-state index contributed by atoms with van der Waals surface area (Å²) in [7, 11) is 0. The Balaban J connectivity index is 2.26. The zero-order valence-electron chi connectivity index (χ0n) is 17.5. The molecule has 33 heavy (non-hydrogen) atoms. The van der Waals surface area contributed by atoms with E-state index in [-0.39, 0.29) is 22.3 Å². The van der Waals surface area contributed by atoms with Crippen molar-refractivity contribution in [3.05, 3.63) is 58.8 Å². The molecular formula is C22H18F5NO5. The SMILES string of the molecule is Cc1c(C(C(=O)O)C(C)C)c2c(F)c(O)c(F)cc2n1C(=O)c1ccc(OC(F)(F)F)cc1. The normalized spacial score (nSPS) is 12.9. The van der Waals surface area contributed by atoms with Crippen LogP contribution >= 0.6 is 0 Å². The lowest BCUT2D eigenvalue weighted by Crippen LogP contribution is -2.20. The number of carbonyl (C=O) groups excluding carboxylic acids is 1. The molecule has 0 fully saturated rings. The van der Waals surface area contributed by atoms with Gasteiger partial charge in [0, 0.05) is 22.7 Å². The molecule has 0 spiro atoms. The Morgan fingerprint density at radius 1 is 1.09 bits per heavy atom. The monoisotopic (exact) mass is 471 g/mol. The van der Waals surface area contributed by atoms with Gasteiger partial charge in [-0.05, 0) is 42.7 Å². The number of hydrogen-bond donors (Lipinski definition) is 2. The largest absolute Gasteiger partial charge is 0.573 e. The molecule has 0 radical (unpaired) electrons. The van der Waals surface area contributed by atoms with Crippen LogP contribution in [0.3, 0.4) is 0 Å². The number of carboxylic acids is 1. The molecule has 6 nitrogen and oxygen atoms in total. The number of fused-ring (bicyclic) bond motifs is 1. The summed E-state index contributed by atoms with van der Waals surface area (Å²) in [5, 5.41) is 19.1. The van der Waals surface area contributed by atoms with E-state index in [1.807, 2.05) is 0 Å². The molecule has 0 aliphatic heterocycles. The molecule has 3 aromatic rings. The lowest BCUT2D eigenvalue weighted by Gasteiger charge is -2.17. The Labute approximate surface area is 183 Å². The van der Waals surface area contributed by atoms with E-state index >= 15 is 0 Å². The third-order valence-electron chi connectivity index (χ3n) is 5.19. The minimum Gasteiger partial charge on any atom is -0.503 e. The van der Waals surface area contributed by atoms with Crippen molar-refractivity contribution in [1.29, 1.82) is 0 Å². The zero-order chi connectivity index (χ0) is 24.8. The molecule has 1 atom stereocenters. The van der Waals surface area contributed by atoms with E-state index in [0.717, 1.165) is 28.8 Å². The van der Waals surface area contributed by atoms with Gasteiger partial charge in [-0.1, -0.05) is 13.8 Å². The minimum atomic E-state index is -4.94. The van der Waals surface area contributed by atoms with Gasteiger partial charge in [0.25, 0.3) is 5.91 Å². The molecule has 0 aliphatic carbocycles. The van der Waals surface area contributed by atoms with Gasteiger partial charge in [-0.25, -0.2) is 8.78 Å². The fourth-order valence-electron chi connectivity index (χ4n) is 3.82. The smallest absolute Gasteiger partial charge is 0.503 e.